The highest BCUT2D eigenvalue weighted by Gasteiger charge is 2.38. The van der Waals surface area contributed by atoms with Gasteiger partial charge in [0.05, 0.1) is 0 Å². The maximum Gasteiger partial charge on any atom is 0.179 e. The second-order valence-corrected chi connectivity index (χ2v) is 6.33. The Balaban J connectivity index is 1.85. The maximum atomic E-state index is 6.42. The van der Waals surface area contributed by atoms with Crippen LogP contribution in [0.5, 0.6) is 5.75 Å². The van der Waals surface area contributed by atoms with Gasteiger partial charge in [-0.05, 0) is 49.9 Å². The fourth-order valence-electron chi connectivity index (χ4n) is 3.93. The van der Waals surface area contributed by atoms with Gasteiger partial charge in [-0.1, -0.05) is 30.3 Å². The molecular formula is C19H21NO. The molecule has 0 saturated carbocycles. The summed E-state index contributed by atoms with van der Waals surface area (Å²) < 4.78 is 6.42. The molecule has 2 aliphatic heterocycles. The highest BCUT2D eigenvalue weighted by atomic mass is 16.5. The summed E-state index contributed by atoms with van der Waals surface area (Å²) in [6, 6.07) is 13.6. The van der Waals surface area contributed by atoms with Crippen molar-refractivity contribution in [3.8, 4) is 5.75 Å². The van der Waals surface area contributed by atoms with Gasteiger partial charge in [0.1, 0.15) is 5.75 Å². The summed E-state index contributed by atoms with van der Waals surface area (Å²) in [4.78, 5) is 2.49. The monoisotopic (exact) mass is 279 g/mol. The van der Waals surface area contributed by atoms with Crippen LogP contribution in [0.4, 0.5) is 0 Å². The van der Waals surface area contributed by atoms with E-state index < -0.39 is 0 Å². The molecule has 4 rings (SSSR count). The van der Waals surface area contributed by atoms with E-state index in [1.807, 2.05) is 0 Å². The molecule has 2 aromatic carbocycles. The van der Waals surface area contributed by atoms with Crippen LogP contribution in [0.2, 0.25) is 0 Å². The molecule has 2 heteroatoms. The zero-order valence-electron chi connectivity index (χ0n) is 12.9. The summed E-state index contributed by atoms with van der Waals surface area (Å²) in [5.74, 6) is 1.07. The summed E-state index contributed by atoms with van der Waals surface area (Å²) in [6.45, 7) is 7.71. The lowest BCUT2D eigenvalue weighted by Crippen LogP contribution is -2.43. The largest absolute Gasteiger partial charge is 0.471 e. The molecule has 2 atom stereocenters. The van der Waals surface area contributed by atoms with Crippen LogP contribution in [-0.4, -0.2) is 11.4 Å². The first-order valence-electron chi connectivity index (χ1n) is 7.76. The van der Waals surface area contributed by atoms with Crippen LogP contribution in [0.1, 0.15) is 47.0 Å². The van der Waals surface area contributed by atoms with Crippen molar-refractivity contribution in [2.24, 2.45) is 0 Å². The first-order chi connectivity index (χ1) is 10.1. The fraction of sp³-hybridized carbons (Fsp3) is 0.368. The molecule has 0 bridgehead atoms. The quantitative estimate of drug-likeness (QED) is 0.712. The van der Waals surface area contributed by atoms with Gasteiger partial charge in [-0.25, -0.2) is 0 Å². The minimum absolute atomic E-state index is 0.0682. The van der Waals surface area contributed by atoms with Crippen molar-refractivity contribution >= 4 is 0 Å². The van der Waals surface area contributed by atoms with E-state index in [9.17, 15) is 0 Å². The van der Waals surface area contributed by atoms with Crippen molar-refractivity contribution in [2.45, 2.75) is 39.5 Å². The third-order valence-corrected chi connectivity index (χ3v) is 4.91. The molecule has 0 amide bonds. The minimum atomic E-state index is 0.0682. The van der Waals surface area contributed by atoms with Gasteiger partial charge in [0, 0.05) is 23.7 Å². The van der Waals surface area contributed by atoms with Gasteiger partial charge in [-0.3, -0.25) is 4.90 Å². The Bertz CT molecular complexity index is 707. The lowest BCUT2D eigenvalue weighted by atomic mass is 9.91. The average Bonchev–Trinajstić information content (AvgIpc) is 2.46. The standard InChI is InChI=1S/C19H21NO/c1-12-10-13(2)18-14(3)20-9-8-15-6-4-5-7-16(15)19(20)21-17(18)11-12/h4-7,10-11,14,19H,8-9H2,1-3H3/t14-,19+/m1/s1. The van der Waals surface area contributed by atoms with Crippen molar-refractivity contribution in [2.75, 3.05) is 6.54 Å². The van der Waals surface area contributed by atoms with Crippen LogP contribution in [0, 0.1) is 13.8 Å². The minimum Gasteiger partial charge on any atom is -0.471 e. The van der Waals surface area contributed by atoms with Crippen molar-refractivity contribution in [1.82, 2.24) is 4.90 Å². The van der Waals surface area contributed by atoms with Crippen LogP contribution in [-0.2, 0) is 6.42 Å². The van der Waals surface area contributed by atoms with Gasteiger partial charge in [0.2, 0.25) is 0 Å². The predicted octanol–water partition coefficient (Wildman–Crippen LogP) is 4.31. The van der Waals surface area contributed by atoms with Crippen molar-refractivity contribution in [1.29, 1.82) is 0 Å². The Morgan fingerprint density at radius 1 is 1.14 bits per heavy atom. The molecule has 0 aliphatic carbocycles. The first kappa shape index (κ1) is 12.9. The van der Waals surface area contributed by atoms with Gasteiger partial charge >= 0.3 is 0 Å². The van der Waals surface area contributed by atoms with E-state index in [-0.39, 0.29) is 6.23 Å². The number of ether oxygens (including phenoxy) is 1. The van der Waals surface area contributed by atoms with E-state index in [4.69, 9.17) is 4.74 Å². The Morgan fingerprint density at radius 2 is 1.95 bits per heavy atom. The number of nitrogens with zero attached hydrogens (tertiary/aromatic N) is 1. The zero-order chi connectivity index (χ0) is 14.6. The second-order valence-electron chi connectivity index (χ2n) is 6.33. The molecule has 0 unspecified atom stereocenters. The van der Waals surface area contributed by atoms with Gasteiger partial charge in [0.25, 0.3) is 0 Å². The highest BCUT2D eigenvalue weighted by Crippen LogP contribution is 2.46. The summed E-state index contributed by atoms with van der Waals surface area (Å²) in [7, 11) is 0. The Kier molecular flexibility index (Phi) is 2.83. The zero-order valence-corrected chi connectivity index (χ0v) is 12.9. The first-order valence-corrected chi connectivity index (χ1v) is 7.76. The number of fused-ring (bicyclic) bond motifs is 4. The van der Waals surface area contributed by atoms with Crippen LogP contribution >= 0.6 is 0 Å². The molecule has 108 valence electrons. The van der Waals surface area contributed by atoms with Gasteiger partial charge in [-0.15, -0.1) is 0 Å². The molecule has 2 aromatic rings. The number of hydrogen-bond acceptors (Lipinski definition) is 2. The third kappa shape index (κ3) is 1.90. The fourth-order valence-corrected chi connectivity index (χ4v) is 3.93. The van der Waals surface area contributed by atoms with E-state index >= 15 is 0 Å². The van der Waals surface area contributed by atoms with E-state index in [0.717, 1.165) is 18.7 Å². The molecule has 0 N–H and O–H groups in total. The summed E-state index contributed by atoms with van der Waals surface area (Å²) in [5.41, 5.74) is 6.74. The molecule has 2 aliphatic rings. The number of rotatable bonds is 0. The van der Waals surface area contributed by atoms with E-state index in [2.05, 4.69) is 62.1 Å². The SMILES string of the molecule is Cc1cc(C)c2c(c1)O[C@H]1c3ccccc3CCN1[C@@H]2C. The van der Waals surface area contributed by atoms with E-state index in [1.54, 1.807) is 0 Å². The molecule has 0 fully saturated rings. The lowest BCUT2D eigenvalue weighted by molar-refractivity contribution is -0.0333. The molecule has 0 radical (unpaired) electrons. The highest BCUT2D eigenvalue weighted by molar-refractivity contribution is 5.47. The average molecular weight is 279 g/mol. The van der Waals surface area contributed by atoms with Gasteiger partial charge in [0.15, 0.2) is 6.23 Å². The Morgan fingerprint density at radius 3 is 2.81 bits per heavy atom. The molecular weight excluding hydrogens is 258 g/mol. The second kappa shape index (κ2) is 4.60. The summed E-state index contributed by atoms with van der Waals surface area (Å²) in [5, 5.41) is 0. The van der Waals surface area contributed by atoms with E-state index in [0.29, 0.717) is 6.04 Å². The van der Waals surface area contributed by atoms with E-state index in [1.165, 1.54) is 27.8 Å². The van der Waals surface area contributed by atoms with Gasteiger partial charge in [-0.2, -0.15) is 0 Å². The van der Waals surface area contributed by atoms with Crippen molar-refractivity contribution in [3.63, 3.8) is 0 Å². The number of aryl methyl sites for hydroxylation is 2. The number of hydrogen-bond donors (Lipinski definition) is 0. The summed E-state index contributed by atoms with van der Waals surface area (Å²) >= 11 is 0. The molecule has 0 aromatic heterocycles. The Hall–Kier alpha value is -1.80. The Labute approximate surface area is 126 Å². The van der Waals surface area contributed by atoms with Crippen molar-refractivity contribution in [3.05, 3.63) is 64.2 Å². The van der Waals surface area contributed by atoms with Crippen LogP contribution in [0.3, 0.4) is 0 Å². The summed E-state index contributed by atoms with van der Waals surface area (Å²) in [6.07, 6.45) is 1.18. The number of benzene rings is 2. The van der Waals surface area contributed by atoms with Crippen LogP contribution < -0.4 is 4.74 Å². The predicted molar refractivity (Wildman–Crippen MR) is 84.6 cm³/mol. The lowest BCUT2D eigenvalue weighted by Gasteiger charge is -2.45. The molecule has 2 heterocycles. The maximum absolute atomic E-state index is 6.42. The van der Waals surface area contributed by atoms with Crippen LogP contribution in [0.15, 0.2) is 36.4 Å². The molecule has 21 heavy (non-hydrogen) atoms. The molecule has 2 nitrogen and oxygen atoms in total. The topological polar surface area (TPSA) is 12.5 Å². The molecule has 0 saturated heterocycles. The molecule has 0 spiro atoms. The van der Waals surface area contributed by atoms with Crippen LogP contribution in [0.25, 0.3) is 0 Å². The third-order valence-electron chi connectivity index (χ3n) is 4.91. The van der Waals surface area contributed by atoms with Gasteiger partial charge < -0.3 is 4.74 Å². The smallest absolute Gasteiger partial charge is 0.179 e. The van der Waals surface area contributed by atoms with Crippen molar-refractivity contribution < 1.29 is 4.74 Å². The normalized spacial score (nSPS) is 23.8.